The largest absolute Gasteiger partial charge is 0.355 e. The van der Waals surface area contributed by atoms with Gasteiger partial charge in [-0.3, -0.25) is 4.79 Å². The van der Waals surface area contributed by atoms with Crippen LogP contribution in [0.3, 0.4) is 0 Å². The summed E-state index contributed by atoms with van der Waals surface area (Å²) in [5.74, 6) is -2.51. The Bertz CT molecular complexity index is 1550. The topological polar surface area (TPSA) is 77.2 Å². The van der Waals surface area contributed by atoms with E-state index in [1.165, 1.54) is 0 Å². The number of nitrogens with zero attached hydrogens (tertiary/aromatic N) is 4. The van der Waals surface area contributed by atoms with Crippen molar-refractivity contribution >= 4 is 55.4 Å². The Morgan fingerprint density at radius 2 is 1.97 bits per heavy atom. The molecule has 2 N–H and O–H groups in total. The van der Waals surface area contributed by atoms with Gasteiger partial charge in [-0.2, -0.15) is 0 Å². The molecule has 3 aromatic heterocycles. The molecule has 0 atom stereocenters. The first-order valence-corrected chi connectivity index (χ1v) is 14.2. The monoisotopic (exact) mass is 550 g/mol. The van der Waals surface area contributed by atoms with Crippen LogP contribution in [0, 0.1) is 5.41 Å². The summed E-state index contributed by atoms with van der Waals surface area (Å²) in [5, 5.41) is 4.53. The number of carbonyl (C=O) groups excluding carboxylic acids is 1. The number of aromatic amines is 1. The lowest BCUT2D eigenvalue weighted by Crippen LogP contribution is -2.50. The standard InChI is InChI=1S/C29H32F2N6OS/c1-28(2,17-36-13-8-29(30,31)9-14-36)27(38)37-11-6-19(7-12-37)24-16-21-22(5-10-32-26(21)35-24)34-20-3-4-23-25(15-20)39-18-33-23/h3-6,10,15-16,18H,7-9,11-14,17H2,1-2H3,(H2,32,34,35). The summed E-state index contributed by atoms with van der Waals surface area (Å²) in [6.45, 7) is 6.15. The third-order valence-electron chi connectivity index (χ3n) is 7.77. The van der Waals surface area contributed by atoms with E-state index in [0.29, 0.717) is 32.7 Å². The van der Waals surface area contributed by atoms with Crippen molar-refractivity contribution < 1.29 is 13.6 Å². The predicted molar refractivity (Wildman–Crippen MR) is 153 cm³/mol. The molecule has 1 saturated heterocycles. The van der Waals surface area contributed by atoms with Gasteiger partial charge in [0.15, 0.2) is 0 Å². The van der Waals surface area contributed by atoms with E-state index >= 15 is 0 Å². The number of rotatable bonds is 6. The fourth-order valence-corrected chi connectivity index (χ4v) is 6.30. The van der Waals surface area contributed by atoms with Crippen LogP contribution in [0.15, 0.2) is 48.1 Å². The van der Waals surface area contributed by atoms with Crippen LogP contribution in [-0.4, -0.2) is 69.3 Å². The Labute approximate surface area is 229 Å². The van der Waals surface area contributed by atoms with Crippen molar-refractivity contribution in [3.05, 3.63) is 53.8 Å². The van der Waals surface area contributed by atoms with Gasteiger partial charge in [0.2, 0.25) is 5.91 Å². The molecule has 0 spiro atoms. The number of anilines is 2. The fourth-order valence-electron chi connectivity index (χ4n) is 5.59. The average Bonchev–Trinajstić information content (AvgIpc) is 3.57. The van der Waals surface area contributed by atoms with Gasteiger partial charge in [-0.05, 0) is 56.2 Å². The minimum absolute atomic E-state index is 0.0674. The molecular weight excluding hydrogens is 518 g/mol. The second kappa shape index (κ2) is 9.98. The van der Waals surface area contributed by atoms with Crippen LogP contribution in [0.1, 0.15) is 38.8 Å². The molecule has 4 aromatic rings. The molecule has 1 aromatic carbocycles. The van der Waals surface area contributed by atoms with Gasteiger partial charge in [-0.25, -0.2) is 18.7 Å². The molecule has 5 heterocycles. The lowest BCUT2D eigenvalue weighted by molar-refractivity contribution is -0.141. The van der Waals surface area contributed by atoms with Crippen molar-refractivity contribution in [2.24, 2.45) is 5.41 Å². The van der Waals surface area contributed by atoms with Gasteiger partial charge in [0.25, 0.3) is 5.92 Å². The average molecular weight is 551 g/mol. The van der Waals surface area contributed by atoms with E-state index in [1.54, 1.807) is 17.5 Å². The number of likely N-dealkylation sites (tertiary alicyclic amines) is 1. The van der Waals surface area contributed by atoms with Gasteiger partial charge in [-0.15, -0.1) is 11.3 Å². The lowest BCUT2D eigenvalue weighted by Gasteiger charge is -2.39. The van der Waals surface area contributed by atoms with E-state index in [9.17, 15) is 13.6 Å². The molecule has 2 aliphatic rings. The van der Waals surface area contributed by atoms with Crippen LogP contribution in [0.2, 0.25) is 0 Å². The zero-order chi connectivity index (χ0) is 27.2. The Hall–Kier alpha value is -3.37. The number of piperidine rings is 1. The summed E-state index contributed by atoms with van der Waals surface area (Å²) >= 11 is 1.62. The van der Waals surface area contributed by atoms with Crippen LogP contribution in [0.5, 0.6) is 0 Å². The molecule has 2 aliphatic heterocycles. The number of halogens is 2. The quantitative estimate of drug-likeness (QED) is 0.295. The summed E-state index contributed by atoms with van der Waals surface area (Å²) in [5.41, 5.74) is 7.14. The second-order valence-corrected chi connectivity index (χ2v) is 12.1. The zero-order valence-corrected chi connectivity index (χ0v) is 23.0. The number of hydrogen-bond donors (Lipinski definition) is 2. The van der Waals surface area contributed by atoms with E-state index in [4.69, 9.17) is 0 Å². The van der Waals surface area contributed by atoms with E-state index in [2.05, 4.69) is 38.5 Å². The number of benzene rings is 1. The van der Waals surface area contributed by atoms with Crippen molar-refractivity contribution in [1.29, 1.82) is 0 Å². The highest BCUT2D eigenvalue weighted by Gasteiger charge is 2.39. The lowest BCUT2D eigenvalue weighted by atomic mass is 9.88. The summed E-state index contributed by atoms with van der Waals surface area (Å²) < 4.78 is 28.2. The normalized spacial score (nSPS) is 18.5. The molecule has 0 aliphatic carbocycles. The van der Waals surface area contributed by atoms with E-state index < -0.39 is 11.3 Å². The van der Waals surface area contributed by atoms with Crippen LogP contribution >= 0.6 is 11.3 Å². The molecule has 1 fully saturated rings. The molecule has 0 saturated carbocycles. The van der Waals surface area contributed by atoms with Crippen molar-refractivity contribution in [1.82, 2.24) is 24.8 Å². The van der Waals surface area contributed by atoms with Gasteiger partial charge in [0, 0.05) is 68.5 Å². The van der Waals surface area contributed by atoms with Crippen LogP contribution in [0.4, 0.5) is 20.2 Å². The van der Waals surface area contributed by atoms with Crippen LogP contribution < -0.4 is 5.32 Å². The number of fused-ring (bicyclic) bond motifs is 2. The predicted octanol–water partition coefficient (Wildman–Crippen LogP) is 6.29. The number of thiazole rings is 1. The molecule has 0 radical (unpaired) electrons. The molecular formula is C29H32F2N6OS. The highest BCUT2D eigenvalue weighted by Crippen LogP contribution is 2.33. The third-order valence-corrected chi connectivity index (χ3v) is 8.56. The van der Waals surface area contributed by atoms with Crippen LogP contribution in [0.25, 0.3) is 26.8 Å². The molecule has 6 rings (SSSR count). The van der Waals surface area contributed by atoms with Crippen molar-refractivity contribution in [3.8, 4) is 0 Å². The molecule has 10 heteroatoms. The van der Waals surface area contributed by atoms with Crippen molar-refractivity contribution in [2.45, 2.75) is 39.0 Å². The molecule has 0 bridgehead atoms. The summed E-state index contributed by atoms with van der Waals surface area (Å²) in [4.78, 5) is 29.6. The maximum absolute atomic E-state index is 13.5. The first kappa shape index (κ1) is 25.9. The third kappa shape index (κ3) is 5.40. The van der Waals surface area contributed by atoms with Crippen LogP contribution in [-0.2, 0) is 4.79 Å². The Morgan fingerprint density at radius 1 is 1.15 bits per heavy atom. The first-order chi connectivity index (χ1) is 18.7. The Balaban J connectivity index is 1.14. The van der Waals surface area contributed by atoms with Crippen molar-refractivity contribution in [3.63, 3.8) is 0 Å². The number of hydrogen-bond acceptors (Lipinski definition) is 6. The number of amides is 1. The second-order valence-electron chi connectivity index (χ2n) is 11.2. The smallest absolute Gasteiger partial charge is 0.250 e. The van der Waals surface area contributed by atoms with E-state index in [1.807, 2.05) is 47.4 Å². The molecule has 39 heavy (non-hydrogen) atoms. The molecule has 7 nitrogen and oxygen atoms in total. The molecule has 204 valence electrons. The Kier molecular flexibility index (Phi) is 6.63. The van der Waals surface area contributed by atoms with Gasteiger partial charge < -0.3 is 20.1 Å². The summed E-state index contributed by atoms with van der Waals surface area (Å²) in [6, 6.07) is 10.2. The van der Waals surface area contributed by atoms with Gasteiger partial charge in [0.05, 0.1) is 26.8 Å². The van der Waals surface area contributed by atoms with Gasteiger partial charge in [0.1, 0.15) is 5.65 Å². The fraction of sp³-hybridized carbons (Fsp3) is 0.414. The van der Waals surface area contributed by atoms with E-state index in [-0.39, 0.29) is 18.7 Å². The molecule has 1 amide bonds. The van der Waals surface area contributed by atoms with E-state index in [0.717, 1.165) is 50.3 Å². The Morgan fingerprint density at radius 3 is 2.74 bits per heavy atom. The maximum atomic E-state index is 13.5. The number of H-pyrrole nitrogens is 1. The highest BCUT2D eigenvalue weighted by atomic mass is 32.1. The van der Waals surface area contributed by atoms with Gasteiger partial charge >= 0.3 is 0 Å². The first-order valence-electron chi connectivity index (χ1n) is 13.3. The molecule has 0 unspecified atom stereocenters. The maximum Gasteiger partial charge on any atom is 0.250 e. The highest BCUT2D eigenvalue weighted by molar-refractivity contribution is 7.16. The number of aromatic nitrogens is 3. The minimum Gasteiger partial charge on any atom is -0.355 e. The summed E-state index contributed by atoms with van der Waals surface area (Å²) in [7, 11) is 0. The number of pyridine rings is 1. The number of alkyl halides is 2. The van der Waals surface area contributed by atoms with Gasteiger partial charge in [-0.1, -0.05) is 6.08 Å². The zero-order valence-electron chi connectivity index (χ0n) is 22.1. The number of nitrogens with one attached hydrogen (secondary N) is 2. The summed E-state index contributed by atoms with van der Waals surface area (Å²) in [6.07, 6.45) is 4.36. The number of carbonyl (C=O) groups is 1. The minimum atomic E-state index is -2.58. The van der Waals surface area contributed by atoms with Crippen molar-refractivity contribution in [2.75, 3.05) is 38.0 Å². The SMILES string of the molecule is CC(C)(CN1CCC(F)(F)CC1)C(=O)N1CC=C(c2cc3c(Nc4ccc5ncsc5c4)ccnc3[nH]2)CC1.